The maximum atomic E-state index is 12.1. The van der Waals surface area contributed by atoms with Gasteiger partial charge in [0.1, 0.15) is 0 Å². The summed E-state index contributed by atoms with van der Waals surface area (Å²) < 4.78 is 33.2. The van der Waals surface area contributed by atoms with E-state index < -0.39 is 10.0 Å². The number of ether oxygens (including phenoxy) is 1. The Labute approximate surface area is 138 Å². The molecule has 8 heteroatoms. The summed E-state index contributed by atoms with van der Waals surface area (Å²) in [6.07, 6.45) is 0. The molecule has 4 nitrogen and oxygen atoms in total. The second-order valence-electron chi connectivity index (χ2n) is 3.73. The van der Waals surface area contributed by atoms with Gasteiger partial charge in [-0.25, -0.2) is 13.1 Å². The van der Waals surface area contributed by atoms with E-state index in [0.717, 1.165) is 15.4 Å². The average molecular weight is 480 g/mol. The van der Waals surface area contributed by atoms with Crippen LogP contribution >= 0.6 is 47.8 Å². The number of hydrogen-bond acceptors (Lipinski definition) is 3. The molecule has 0 aliphatic carbocycles. The molecule has 1 N–H and O–H groups in total. The molecule has 19 heavy (non-hydrogen) atoms. The highest BCUT2D eigenvalue weighted by molar-refractivity contribution is 9.11. The van der Waals surface area contributed by atoms with E-state index in [0.29, 0.717) is 17.7 Å². The van der Waals surface area contributed by atoms with Gasteiger partial charge in [-0.05, 0) is 40.5 Å². The zero-order valence-electron chi connectivity index (χ0n) is 10.3. The van der Waals surface area contributed by atoms with E-state index in [-0.39, 0.29) is 11.4 Å². The van der Waals surface area contributed by atoms with Gasteiger partial charge in [0.15, 0.2) is 0 Å². The van der Waals surface area contributed by atoms with Gasteiger partial charge in [0.05, 0.1) is 18.1 Å². The summed E-state index contributed by atoms with van der Waals surface area (Å²) in [6.45, 7) is 3.04. The number of halogens is 3. The Hall–Kier alpha value is 0.530. The summed E-state index contributed by atoms with van der Waals surface area (Å²) in [6, 6.07) is 3.35. The molecule has 0 heterocycles. The molecular weight excluding hydrogens is 466 g/mol. The van der Waals surface area contributed by atoms with Gasteiger partial charge in [0, 0.05) is 20.8 Å². The third-order valence-electron chi connectivity index (χ3n) is 2.26. The molecule has 0 radical (unpaired) electrons. The minimum Gasteiger partial charge on any atom is -0.379 e. The minimum atomic E-state index is -3.54. The van der Waals surface area contributed by atoms with Crippen LogP contribution in [0.5, 0.6) is 0 Å². The van der Waals surface area contributed by atoms with Crippen LogP contribution in [0, 0.1) is 6.92 Å². The monoisotopic (exact) mass is 477 g/mol. The Morgan fingerprint density at radius 3 is 2.53 bits per heavy atom. The number of aryl methyl sites for hydroxylation is 1. The van der Waals surface area contributed by atoms with Crippen molar-refractivity contribution in [3.63, 3.8) is 0 Å². The predicted molar refractivity (Wildman–Crippen MR) is 86.4 cm³/mol. The number of nitrogens with one attached hydrogen (secondary N) is 1. The fourth-order valence-corrected chi connectivity index (χ4v) is 4.23. The summed E-state index contributed by atoms with van der Waals surface area (Å²) >= 11 is 9.83. The minimum absolute atomic E-state index is 0.213. The Morgan fingerprint density at radius 2 is 1.89 bits per heavy atom. The number of alkyl halides is 1. The number of benzene rings is 1. The topological polar surface area (TPSA) is 55.4 Å². The normalized spacial score (nSPS) is 11.8. The molecule has 0 atom stereocenters. The fourth-order valence-electron chi connectivity index (χ4n) is 1.32. The van der Waals surface area contributed by atoms with Gasteiger partial charge in [0.25, 0.3) is 0 Å². The van der Waals surface area contributed by atoms with Crippen LogP contribution in [-0.2, 0) is 14.8 Å². The first-order valence-electron chi connectivity index (χ1n) is 5.47. The molecule has 0 spiro atoms. The van der Waals surface area contributed by atoms with E-state index in [1.807, 2.05) is 6.92 Å². The van der Waals surface area contributed by atoms with Crippen LogP contribution in [0.3, 0.4) is 0 Å². The van der Waals surface area contributed by atoms with Crippen LogP contribution in [0.2, 0.25) is 0 Å². The second kappa shape index (κ2) is 8.09. The number of sulfonamides is 1. The van der Waals surface area contributed by atoms with Gasteiger partial charge >= 0.3 is 0 Å². The molecule has 0 amide bonds. The highest BCUT2D eigenvalue weighted by atomic mass is 79.9. The van der Waals surface area contributed by atoms with E-state index in [1.165, 1.54) is 0 Å². The Balaban J connectivity index is 2.75. The first-order chi connectivity index (χ1) is 8.88. The molecule has 1 aromatic rings. The summed E-state index contributed by atoms with van der Waals surface area (Å²) in [7, 11) is -3.54. The Kier molecular flexibility index (Phi) is 7.49. The van der Waals surface area contributed by atoms with E-state index >= 15 is 0 Å². The Bertz CT molecular complexity index is 534. The molecule has 0 unspecified atom stereocenters. The van der Waals surface area contributed by atoms with E-state index in [4.69, 9.17) is 4.74 Å². The molecule has 0 aliphatic rings. The van der Waals surface area contributed by atoms with Crippen LogP contribution < -0.4 is 4.72 Å². The maximum absolute atomic E-state index is 12.1. The first kappa shape index (κ1) is 17.6. The average Bonchev–Trinajstić information content (AvgIpc) is 2.33. The quantitative estimate of drug-likeness (QED) is 0.482. The number of hydrogen-bond donors (Lipinski definition) is 1. The zero-order chi connectivity index (χ0) is 14.5. The standard InChI is InChI=1S/C11H14Br3NO3S/c1-8-6-10(14)11(7-9(8)13)19(16,17)15-3-5-18-4-2-12/h6-7,15H,2-5H2,1H3. The van der Waals surface area contributed by atoms with Crippen molar-refractivity contribution >= 4 is 57.8 Å². The predicted octanol–water partition coefficient (Wildman–Crippen LogP) is 3.21. The van der Waals surface area contributed by atoms with Crippen molar-refractivity contribution in [1.29, 1.82) is 0 Å². The Morgan fingerprint density at radius 1 is 1.21 bits per heavy atom. The highest BCUT2D eigenvalue weighted by Gasteiger charge is 2.18. The van der Waals surface area contributed by atoms with Gasteiger partial charge in [-0.3, -0.25) is 0 Å². The third kappa shape index (κ3) is 5.43. The van der Waals surface area contributed by atoms with Crippen molar-refractivity contribution in [2.24, 2.45) is 0 Å². The van der Waals surface area contributed by atoms with E-state index in [9.17, 15) is 8.42 Å². The SMILES string of the molecule is Cc1cc(Br)c(S(=O)(=O)NCCOCCBr)cc1Br. The van der Waals surface area contributed by atoms with Gasteiger partial charge < -0.3 is 4.74 Å². The van der Waals surface area contributed by atoms with Crippen molar-refractivity contribution < 1.29 is 13.2 Å². The van der Waals surface area contributed by atoms with Crippen molar-refractivity contribution in [2.75, 3.05) is 25.1 Å². The van der Waals surface area contributed by atoms with Crippen molar-refractivity contribution in [2.45, 2.75) is 11.8 Å². The van der Waals surface area contributed by atoms with Gasteiger partial charge in [-0.1, -0.05) is 31.9 Å². The molecule has 0 aromatic heterocycles. The summed E-state index contributed by atoms with van der Waals surface area (Å²) in [5.41, 5.74) is 0.964. The first-order valence-corrected chi connectivity index (χ1v) is 9.66. The van der Waals surface area contributed by atoms with Crippen LogP contribution in [0.25, 0.3) is 0 Å². The lowest BCUT2D eigenvalue weighted by atomic mass is 10.2. The van der Waals surface area contributed by atoms with Crippen LogP contribution in [0.1, 0.15) is 5.56 Å². The zero-order valence-corrected chi connectivity index (χ0v) is 15.8. The molecule has 108 valence electrons. The summed E-state index contributed by atoms with van der Waals surface area (Å²) in [5.74, 6) is 0. The molecule has 0 saturated carbocycles. The molecule has 0 aliphatic heterocycles. The van der Waals surface area contributed by atoms with Gasteiger partial charge in [-0.15, -0.1) is 0 Å². The third-order valence-corrected chi connectivity index (χ3v) is 5.86. The van der Waals surface area contributed by atoms with Crippen LogP contribution in [0.15, 0.2) is 26.0 Å². The fraction of sp³-hybridized carbons (Fsp3) is 0.455. The van der Waals surface area contributed by atoms with E-state index in [2.05, 4.69) is 52.5 Å². The molecule has 1 rings (SSSR count). The van der Waals surface area contributed by atoms with E-state index in [1.54, 1.807) is 12.1 Å². The molecule has 0 bridgehead atoms. The van der Waals surface area contributed by atoms with Crippen molar-refractivity contribution in [3.8, 4) is 0 Å². The molecule has 0 fully saturated rings. The lowest BCUT2D eigenvalue weighted by molar-refractivity contribution is 0.156. The smallest absolute Gasteiger partial charge is 0.241 e. The van der Waals surface area contributed by atoms with Crippen molar-refractivity contribution in [1.82, 2.24) is 4.72 Å². The second-order valence-corrected chi connectivity index (χ2v) is 7.97. The number of rotatable bonds is 7. The van der Waals surface area contributed by atoms with Crippen LogP contribution in [-0.4, -0.2) is 33.5 Å². The lowest BCUT2D eigenvalue weighted by Crippen LogP contribution is -2.28. The molecular formula is C11H14Br3NO3S. The van der Waals surface area contributed by atoms with Gasteiger partial charge in [-0.2, -0.15) is 0 Å². The van der Waals surface area contributed by atoms with Gasteiger partial charge in [0.2, 0.25) is 10.0 Å². The molecule has 0 saturated heterocycles. The van der Waals surface area contributed by atoms with Crippen molar-refractivity contribution in [3.05, 3.63) is 26.6 Å². The summed E-state index contributed by atoms with van der Waals surface area (Å²) in [5, 5.41) is 0.732. The largest absolute Gasteiger partial charge is 0.379 e. The molecule has 1 aromatic carbocycles. The lowest BCUT2D eigenvalue weighted by Gasteiger charge is -2.10. The van der Waals surface area contributed by atoms with Crippen LogP contribution in [0.4, 0.5) is 0 Å². The highest BCUT2D eigenvalue weighted by Crippen LogP contribution is 2.28. The maximum Gasteiger partial charge on any atom is 0.241 e. The summed E-state index contributed by atoms with van der Waals surface area (Å²) in [4.78, 5) is 0.213.